The van der Waals surface area contributed by atoms with Crippen molar-refractivity contribution in [2.45, 2.75) is 18.6 Å². The van der Waals surface area contributed by atoms with Gasteiger partial charge in [0.15, 0.2) is 16.7 Å². The van der Waals surface area contributed by atoms with Crippen LogP contribution in [-0.4, -0.2) is 36.5 Å². The summed E-state index contributed by atoms with van der Waals surface area (Å²) in [6.07, 6.45) is 0.0394. The zero-order valence-electron chi connectivity index (χ0n) is 15.8. The third-order valence-electron chi connectivity index (χ3n) is 4.08. The average Bonchev–Trinajstić information content (AvgIpc) is 3.02. The van der Waals surface area contributed by atoms with E-state index in [1.807, 2.05) is 31.2 Å². The van der Waals surface area contributed by atoms with E-state index in [0.717, 1.165) is 11.3 Å². The van der Waals surface area contributed by atoms with Gasteiger partial charge in [-0.3, -0.25) is 9.59 Å². The summed E-state index contributed by atoms with van der Waals surface area (Å²) < 4.78 is 10.4. The van der Waals surface area contributed by atoms with Gasteiger partial charge in [-0.25, -0.2) is 4.99 Å². The summed E-state index contributed by atoms with van der Waals surface area (Å²) in [7, 11) is 3.07. The number of aliphatic imine (C=N–C) groups is 1. The van der Waals surface area contributed by atoms with Crippen LogP contribution in [0.3, 0.4) is 0 Å². The Balaban J connectivity index is 1.61. The van der Waals surface area contributed by atoms with Gasteiger partial charge in [-0.1, -0.05) is 29.5 Å². The Morgan fingerprint density at radius 1 is 1.14 bits per heavy atom. The minimum atomic E-state index is -0.524. The Bertz CT molecular complexity index is 912. The second-order valence-electron chi connectivity index (χ2n) is 6.17. The molecule has 1 heterocycles. The number of nitrogens with one attached hydrogen (secondary N) is 2. The van der Waals surface area contributed by atoms with E-state index < -0.39 is 5.25 Å². The van der Waals surface area contributed by atoms with Gasteiger partial charge in [0.2, 0.25) is 11.8 Å². The fourth-order valence-corrected chi connectivity index (χ4v) is 3.61. The molecule has 2 amide bonds. The molecular formula is C20H21N3O4S. The van der Waals surface area contributed by atoms with Crippen LogP contribution >= 0.6 is 11.8 Å². The van der Waals surface area contributed by atoms with Crippen LogP contribution in [0.5, 0.6) is 11.5 Å². The first kappa shape index (κ1) is 19.8. The summed E-state index contributed by atoms with van der Waals surface area (Å²) in [6.45, 7) is 2.00. The van der Waals surface area contributed by atoms with Crippen LogP contribution in [0.4, 0.5) is 11.4 Å². The van der Waals surface area contributed by atoms with E-state index in [2.05, 4.69) is 15.6 Å². The van der Waals surface area contributed by atoms with Crippen molar-refractivity contribution in [3.8, 4) is 11.5 Å². The van der Waals surface area contributed by atoms with Crippen LogP contribution in [0.1, 0.15) is 12.0 Å². The molecule has 1 fully saturated rings. The van der Waals surface area contributed by atoms with Crippen LogP contribution < -0.4 is 20.1 Å². The number of benzene rings is 2. The molecular weight excluding hydrogens is 378 g/mol. The molecule has 1 aliphatic heterocycles. The molecule has 0 radical (unpaired) electrons. The van der Waals surface area contributed by atoms with Gasteiger partial charge in [-0.2, -0.15) is 0 Å². The lowest BCUT2D eigenvalue weighted by molar-refractivity contribution is -0.122. The highest BCUT2D eigenvalue weighted by Crippen LogP contribution is 2.30. The van der Waals surface area contributed by atoms with Crippen LogP contribution in [0, 0.1) is 6.92 Å². The molecule has 0 spiro atoms. The van der Waals surface area contributed by atoms with Gasteiger partial charge >= 0.3 is 0 Å². The number of anilines is 1. The Morgan fingerprint density at radius 3 is 2.54 bits per heavy atom. The molecule has 0 unspecified atom stereocenters. The zero-order chi connectivity index (χ0) is 20.1. The molecule has 3 rings (SSSR count). The first-order valence-electron chi connectivity index (χ1n) is 8.63. The molecule has 8 heteroatoms. The van der Waals surface area contributed by atoms with E-state index in [-0.39, 0.29) is 18.2 Å². The molecule has 1 saturated heterocycles. The van der Waals surface area contributed by atoms with Gasteiger partial charge in [0.05, 0.1) is 19.9 Å². The van der Waals surface area contributed by atoms with Crippen molar-refractivity contribution in [2.24, 2.45) is 4.99 Å². The number of amides is 2. The molecule has 1 aliphatic rings. The van der Waals surface area contributed by atoms with Crippen molar-refractivity contribution in [3.05, 3.63) is 48.0 Å². The minimum absolute atomic E-state index is 0.0394. The van der Waals surface area contributed by atoms with Crippen molar-refractivity contribution >= 4 is 40.1 Å². The number of hydrogen-bond acceptors (Lipinski definition) is 6. The van der Waals surface area contributed by atoms with E-state index in [0.29, 0.717) is 22.4 Å². The number of rotatable bonds is 6. The molecule has 0 bridgehead atoms. The monoisotopic (exact) mass is 399 g/mol. The van der Waals surface area contributed by atoms with E-state index in [4.69, 9.17) is 9.47 Å². The molecule has 7 nitrogen and oxygen atoms in total. The van der Waals surface area contributed by atoms with Crippen LogP contribution in [0.15, 0.2) is 47.5 Å². The highest BCUT2D eigenvalue weighted by molar-refractivity contribution is 8.15. The molecule has 2 aromatic carbocycles. The maximum atomic E-state index is 12.4. The predicted octanol–water partition coefficient (Wildman–Crippen LogP) is 3.26. The van der Waals surface area contributed by atoms with Gasteiger partial charge in [-0.05, 0) is 31.2 Å². The van der Waals surface area contributed by atoms with Gasteiger partial charge in [-0.15, -0.1) is 0 Å². The van der Waals surface area contributed by atoms with E-state index in [1.54, 1.807) is 25.3 Å². The summed E-state index contributed by atoms with van der Waals surface area (Å²) in [5.74, 6) is 0.596. The quantitative estimate of drug-likeness (QED) is 0.778. The summed E-state index contributed by atoms with van der Waals surface area (Å²) in [6, 6.07) is 12.8. The number of ether oxygens (including phenoxy) is 2. The Kier molecular flexibility index (Phi) is 6.20. The highest BCUT2D eigenvalue weighted by atomic mass is 32.2. The fourth-order valence-electron chi connectivity index (χ4n) is 2.62. The molecule has 1 atom stereocenters. The smallest absolute Gasteiger partial charge is 0.240 e. The van der Waals surface area contributed by atoms with E-state index >= 15 is 0 Å². The molecule has 0 aliphatic carbocycles. The van der Waals surface area contributed by atoms with Crippen LogP contribution in [-0.2, 0) is 9.59 Å². The topological polar surface area (TPSA) is 89.0 Å². The fraction of sp³-hybridized carbons (Fsp3) is 0.250. The summed E-state index contributed by atoms with van der Waals surface area (Å²) in [5.41, 5.74) is 2.46. The maximum absolute atomic E-state index is 12.4. The van der Waals surface area contributed by atoms with E-state index in [9.17, 15) is 9.59 Å². The number of carbonyl (C=O) groups excluding carboxylic acids is 2. The minimum Gasteiger partial charge on any atom is -0.493 e. The Morgan fingerprint density at radius 2 is 1.86 bits per heavy atom. The van der Waals surface area contributed by atoms with Crippen molar-refractivity contribution in [2.75, 3.05) is 19.5 Å². The standard InChI is InChI=1S/C20H21N3O4S/c1-12-4-6-13(7-5-12)22-20-23-19(25)17(28-20)11-18(24)21-14-8-9-15(26-2)16(10-14)27-3/h4-10,17H,11H2,1-3H3,(H,21,24)(H,22,23,25)/t17-/m1/s1. The van der Waals surface area contributed by atoms with Gasteiger partial charge in [0.1, 0.15) is 5.25 Å². The lowest BCUT2D eigenvalue weighted by atomic mass is 10.2. The molecule has 2 aromatic rings. The Labute approximate surface area is 167 Å². The van der Waals surface area contributed by atoms with Crippen molar-refractivity contribution in [1.29, 1.82) is 0 Å². The van der Waals surface area contributed by atoms with Crippen LogP contribution in [0.2, 0.25) is 0 Å². The Hall–Kier alpha value is -3.00. The first-order chi connectivity index (χ1) is 13.5. The van der Waals surface area contributed by atoms with Gasteiger partial charge in [0.25, 0.3) is 0 Å². The SMILES string of the molecule is COc1ccc(NC(=O)C[C@H]2SC(=Nc3ccc(C)cc3)NC2=O)cc1OC. The maximum Gasteiger partial charge on any atom is 0.240 e. The normalized spacial score (nSPS) is 17.3. The number of carbonyl (C=O) groups is 2. The second kappa shape index (κ2) is 8.79. The highest BCUT2D eigenvalue weighted by Gasteiger charge is 2.32. The van der Waals surface area contributed by atoms with Gasteiger partial charge in [0, 0.05) is 18.2 Å². The summed E-state index contributed by atoms with van der Waals surface area (Å²) in [4.78, 5) is 28.9. The third-order valence-corrected chi connectivity index (χ3v) is 5.16. The predicted molar refractivity (Wildman–Crippen MR) is 111 cm³/mol. The number of nitrogens with zero attached hydrogens (tertiary/aromatic N) is 1. The number of hydrogen-bond donors (Lipinski definition) is 2. The zero-order valence-corrected chi connectivity index (χ0v) is 16.6. The second-order valence-corrected chi connectivity index (χ2v) is 7.36. The lowest BCUT2D eigenvalue weighted by Gasteiger charge is -2.11. The molecule has 28 heavy (non-hydrogen) atoms. The third kappa shape index (κ3) is 4.83. The molecule has 2 N–H and O–H groups in total. The molecule has 146 valence electrons. The largest absolute Gasteiger partial charge is 0.493 e. The number of amidine groups is 1. The van der Waals surface area contributed by atoms with Crippen molar-refractivity contribution < 1.29 is 19.1 Å². The molecule has 0 saturated carbocycles. The molecule has 0 aromatic heterocycles. The lowest BCUT2D eigenvalue weighted by Crippen LogP contribution is -2.28. The summed E-state index contributed by atoms with van der Waals surface area (Å²) in [5, 5.41) is 5.48. The summed E-state index contributed by atoms with van der Waals surface area (Å²) >= 11 is 1.25. The van der Waals surface area contributed by atoms with Crippen LogP contribution in [0.25, 0.3) is 0 Å². The van der Waals surface area contributed by atoms with E-state index in [1.165, 1.54) is 18.9 Å². The van der Waals surface area contributed by atoms with Crippen molar-refractivity contribution in [1.82, 2.24) is 5.32 Å². The number of methoxy groups -OCH3 is 2. The number of thioether (sulfide) groups is 1. The number of aryl methyl sites for hydroxylation is 1. The van der Waals surface area contributed by atoms with Crippen molar-refractivity contribution in [3.63, 3.8) is 0 Å². The average molecular weight is 399 g/mol. The first-order valence-corrected chi connectivity index (χ1v) is 9.51. The van der Waals surface area contributed by atoms with Gasteiger partial charge < -0.3 is 20.1 Å².